The first-order chi connectivity index (χ1) is 20.8. The number of non-ortho nitro benzene ring substituents is 1. The first-order valence-electron chi connectivity index (χ1n) is 13.6. The molecule has 0 amide bonds. The van der Waals surface area contributed by atoms with Crippen LogP contribution in [0.4, 0.5) is 5.69 Å². The Hall–Kier alpha value is -4.97. The maximum absolute atomic E-state index is 14.0. The Labute approximate surface area is 250 Å². The number of nitrogens with zero attached hydrogens (tertiary/aromatic N) is 3. The van der Waals surface area contributed by atoms with E-state index in [9.17, 15) is 19.7 Å². The number of aromatic nitrogens is 1. The third-order valence-electron chi connectivity index (χ3n) is 6.89. The summed E-state index contributed by atoms with van der Waals surface area (Å²) in [6.07, 6.45) is 2.86. The number of nitro benzene ring substituents is 1. The van der Waals surface area contributed by atoms with Gasteiger partial charge in [-0.2, -0.15) is 0 Å². The quantitative estimate of drug-likeness (QED) is 0.144. The van der Waals surface area contributed by atoms with Gasteiger partial charge in [0.1, 0.15) is 29.1 Å². The van der Waals surface area contributed by atoms with Crippen molar-refractivity contribution in [3.8, 4) is 22.8 Å². The van der Waals surface area contributed by atoms with E-state index in [1.54, 1.807) is 37.3 Å². The van der Waals surface area contributed by atoms with Crippen LogP contribution in [0.1, 0.15) is 44.1 Å². The molecule has 0 spiro atoms. The van der Waals surface area contributed by atoms with E-state index < -0.39 is 16.9 Å². The summed E-state index contributed by atoms with van der Waals surface area (Å²) in [7, 11) is 2.96. The van der Waals surface area contributed by atoms with Gasteiger partial charge < -0.3 is 18.6 Å². The van der Waals surface area contributed by atoms with Crippen LogP contribution in [0.5, 0.6) is 11.5 Å². The molecule has 5 rings (SSSR count). The zero-order valence-corrected chi connectivity index (χ0v) is 24.8. The second kappa shape index (κ2) is 12.5. The van der Waals surface area contributed by atoms with E-state index in [1.165, 1.54) is 42.3 Å². The number of esters is 1. The zero-order valence-electron chi connectivity index (χ0n) is 24.0. The summed E-state index contributed by atoms with van der Waals surface area (Å²) in [5, 5.41) is 11.2. The highest BCUT2D eigenvalue weighted by molar-refractivity contribution is 7.07. The largest absolute Gasteiger partial charge is 0.496 e. The van der Waals surface area contributed by atoms with Crippen molar-refractivity contribution in [2.24, 2.45) is 4.99 Å². The Kier molecular flexibility index (Phi) is 8.58. The zero-order chi connectivity index (χ0) is 30.7. The molecule has 0 unspecified atom stereocenters. The average Bonchev–Trinajstić information content (AvgIpc) is 3.60. The summed E-state index contributed by atoms with van der Waals surface area (Å²) >= 11 is 1.18. The van der Waals surface area contributed by atoms with Crippen molar-refractivity contribution in [2.75, 3.05) is 20.8 Å². The molecule has 0 aliphatic carbocycles. The fourth-order valence-electron chi connectivity index (χ4n) is 5.01. The Morgan fingerprint density at radius 2 is 1.88 bits per heavy atom. The van der Waals surface area contributed by atoms with Crippen LogP contribution in [0.15, 0.2) is 80.1 Å². The van der Waals surface area contributed by atoms with Gasteiger partial charge in [0.25, 0.3) is 11.2 Å². The van der Waals surface area contributed by atoms with Gasteiger partial charge in [-0.1, -0.05) is 42.9 Å². The van der Waals surface area contributed by atoms with Crippen molar-refractivity contribution in [3.63, 3.8) is 0 Å². The Morgan fingerprint density at radius 1 is 1.12 bits per heavy atom. The molecule has 0 saturated carbocycles. The van der Waals surface area contributed by atoms with E-state index >= 15 is 0 Å². The molecule has 0 saturated heterocycles. The smallest absolute Gasteiger partial charge is 0.338 e. The third-order valence-corrected chi connectivity index (χ3v) is 7.87. The molecule has 1 atom stereocenters. The molecule has 222 valence electrons. The van der Waals surface area contributed by atoms with Crippen molar-refractivity contribution < 1.29 is 28.3 Å². The Balaban J connectivity index is 1.67. The predicted octanol–water partition coefficient (Wildman–Crippen LogP) is 4.76. The number of thiazole rings is 1. The van der Waals surface area contributed by atoms with Crippen LogP contribution in [-0.2, 0) is 9.53 Å². The van der Waals surface area contributed by atoms with E-state index in [4.69, 9.17) is 23.6 Å². The fourth-order valence-corrected chi connectivity index (χ4v) is 6.01. The van der Waals surface area contributed by atoms with Crippen molar-refractivity contribution >= 4 is 29.1 Å². The minimum Gasteiger partial charge on any atom is -0.496 e. The molecule has 3 heterocycles. The second-order valence-electron chi connectivity index (χ2n) is 9.50. The highest BCUT2D eigenvalue weighted by Gasteiger charge is 2.35. The molecule has 1 aliphatic heterocycles. The van der Waals surface area contributed by atoms with Crippen LogP contribution >= 0.6 is 11.3 Å². The SMILES string of the molecule is CCCC1=C(C(=O)OCC)[C@@H](c2ccccc2OC)n2c(s/c(=C\c3ccc(-c4ccc([N+](=O)[O-])cc4OC)o3)c2=O)=N1. The number of rotatable bonds is 10. The van der Waals surface area contributed by atoms with Gasteiger partial charge in [0.2, 0.25) is 0 Å². The van der Waals surface area contributed by atoms with Gasteiger partial charge in [-0.05, 0) is 37.6 Å². The standard InChI is InChI=1S/C31H29N3O8S/c1-5-9-22-27(30(36)41-6-2)28(21-10-7-8-11-23(21)39-3)33-29(35)26(43-31(33)32-22)17-19-13-15-24(42-19)20-14-12-18(34(37)38)16-25(20)40-4/h7-8,10-17,28H,5-6,9H2,1-4H3/b26-17-/t28-/m1/s1. The summed E-state index contributed by atoms with van der Waals surface area (Å²) in [5.74, 6) is 1.06. The van der Waals surface area contributed by atoms with E-state index in [0.717, 1.165) is 6.42 Å². The number of allylic oxidation sites excluding steroid dienone is 1. The number of para-hydroxylation sites is 1. The van der Waals surface area contributed by atoms with Crippen molar-refractivity contribution in [1.29, 1.82) is 0 Å². The van der Waals surface area contributed by atoms with Gasteiger partial charge in [-0.15, -0.1) is 0 Å². The van der Waals surface area contributed by atoms with E-state index in [2.05, 4.69) is 0 Å². The summed E-state index contributed by atoms with van der Waals surface area (Å²) in [4.78, 5) is 43.3. The number of furan rings is 1. The van der Waals surface area contributed by atoms with Gasteiger partial charge in [0.05, 0.1) is 53.2 Å². The van der Waals surface area contributed by atoms with Crippen molar-refractivity contribution in [2.45, 2.75) is 32.7 Å². The number of methoxy groups -OCH3 is 2. The van der Waals surface area contributed by atoms with Gasteiger partial charge in [0, 0.05) is 17.7 Å². The van der Waals surface area contributed by atoms with E-state index in [1.807, 2.05) is 25.1 Å². The van der Waals surface area contributed by atoms with Gasteiger partial charge in [0.15, 0.2) is 4.80 Å². The monoisotopic (exact) mass is 603 g/mol. The summed E-state index contributed by atoms with van der Waals surface area (Å²) < 4.78 is 24.3. The molecule has 4 aromatic rings. The lowest BCUT2D eigenvalue weighted by Crippen LogP contribution is -2.40. The molecule has 0 radical (unpaired) electrons. The number of carbonyl (C=O) groups is 1. The average molecular weight is 604 g/mol. The topological polar surface area (TPSA) is 135 Å². The first-order valence-corrected chi connectivity index (χ1v) is 14.4. The number of fused-ring (bicyclic) bond motifs is 1. The number of ether oxygens (including phenoxy) is 3. The fraction of sp³-hybridized carbons (Fsp3) is 0.258. The summed E-state index contributed by atoms with van der Waals surface area (Å²) in [6, 6.07) is 14.1. The Bertz CT molecular complexity index is 1920. The maximum Gasteiger partial charge on any atom is 0.338 e. The maximum atomic E-state index is 14.0. The lowest BCUT2D eigenvalue weighted by atomic mass is 9.93. The Morgan fingerprint density at radius 3 is 2.58 bits per heavy atom. The first kappa shape index (κ1) is 29.5. The molecule has 1 aliphatic rings. The molecular formula is C31H29N3O8S. The molecule has 43 heavy (non-hydrogen) atoms. The number of carbonyl (C=O) groups excluding carboxylic acids is 1. The van der Waals surface area contributed by atoms with E-state index in [-0.39, 0.29) is 23.6 Å². The highest BCUT2D eigenvalue weighted by Crippen LogP contribution is 2.37. The van der Waals surface area contributed by atoms with Crippen LogP contribution in [0, 0.1) is 10.1 Å². The lowest BCUT2D eigenvalue weighted by Gasteiger charge is -2.26. The molecule has 11 nitrogen and oxygen atoms in total. The second-order valence-corrected chi connectivity index (χ2v) is 10.5. The van der Waals surface area contributed by atoms with Gasteiger partial charge >= 0.3 is 5.97 Å². The minimum atomic E-state index is -0.813. The molecule has 12 heteroatoms. The molecular weight excluding hydrogens is 574 g/mol. The highest BCUT2D eigenvalue weighted by atomic mass is 32.1. The lowest BCUT2D eigenvalue weighted by molar-refractivity contribution is -0.384. The number of benzene rings is 2. The summed E-state index contributed by atoms with van der Waals surface area (Å²) in [6.45, 7) is 3.90. The molecule has 0 fully saturated rings. The number of nitro groups is 1. The summed E-state index contributed by atoms with van der Waals surface area (Å²) in [5.41, 5.74) is 1.56. The van der Waals surface area contributed by atoms with Crippen molar-refractivity contribution in [3.05, 3.63) is 107 Å². The number of hydrogen-bond acceptors (Lipinski definition) is 10. The minimum absolute atomic E-state index is 0.109. The predicted molar refractivity (Wildman–Crippen MR) is 160 cm³/mol. The third kappa shape index (κ3) is 5.61. The van der Waals surface area contributed by atoms with Crippen LogP contribution in [0.25, 0.3) is 17.4 Å². The van der Waals surface area contributed by atoms with Crippen LogP contribution in [0.3, 0.4) is 0 Å². The van der Waals surface area contributed by atoms with Crippen molar-refractivity contribution in [1.82, 2.24) is 4.57 Å². The van der Waals surface area contributed by atoms with Crippen LogP contribution in [-0.4, -0.2) is 36.3 Å². The normalized spacial score (nSPS) is 14.7. The van der Waals surface area contributed by atoms with E-state index in [0.29, 0.717) is 55.4 Å². The molecule has 2 aromatic carbocycles. The van der Waals surface area contributed by atoms with Gasteiger partial charge in [-0.3, -0.25) is 19.5 Å². The molecule has 0 N–H and O–H groups in total. The van der Waals surface area contributed by atoms with Crippen LogP contribution < -0.4 is 24.4 Å². The van der Waals surface area contributed by atoms with Crippen LogP contribution in [0.2, 0.25) is 0 Å². The molecule has 0 bridgehead atoms. The number of hydrogen-bond donors (Lipinski definition) is 0. The van der Waals surface area contributed by atoms with Gasteiger partial charge in [-0.25, -0.2) is 9.79 Å². The molecule has 2 aromatic heterocycles.